The topological polar surface area (TPSA) is 26.3 Å². The number of halogens is 1. The largest absolute Gasteiger partial charge is 0.497 e. The smallest absolute Gasteiger partial charge is 0.189 e. The van der Waals surface area contributed by atoms with Gasteiger partial charge < -0.3 is 4.74 Å². The fraction of sp³-hybridized carbons (Fsp3) is 0.118. The van der Waals surface area contributed by atoms with E-state index in [0.717, 1.165) is 32.5 Å². The van der Waals surface area contributed by atoms with Crippen LogP contribution in [0.3, 0.4) is 0 Å². The van der Waals surface area contributed by atoms with Gasteiger partial charge in [0.05, 0.1) is 7.11 Å². The van der Waals surface area contributed by atoms with E-state index in [2.05, 4.69) is 15.9 Å². The maximum atomic E-state index is 12.4. The Hall–Kier alpha value is -1.87. The molecule has 0 amide bonds. The molecule has 3 heteroatoms. The molecule has 0 heterocycles. The normalized spacial score (nSPS) is 15.5. The lowest BCUT2D eigenvalue weighted by molar-refractivity contribution is 0.104. The van der Waals surface area contributed by atoms with Crippen molar-refractivity contribution in [2.45, 2.75) is 6.42 Å². The molecule has 2 aromatic carbocycles. The summed E-state index contributed by atoms with van der Waals surface area (Å²) in [5, 5.41) is 0. The first-order valence-electron chi connectivity index (χ1n) is 6.36. The van der Waals surface area contributed by atoms with Crippen molar-refractivity contribution in [2.24, 2.45) is 0 Å². The first-order chi connectivity index (χ1) is 9.69. The van der Waals surface area contributed by atoms with E-state index < -0.39 is 0 Å². The Morgan fingerprint density at radius 3 is 2.75 bits per heavy atom. The van der Waals surface area contributed by atoms with Gasteiger partial charge in [-0.05, 0) is 41.5 Å². The van der Waals surface area contributed by atoms with Gasteiger partial charge in [0.2, 0.25) is 0 Å². The van der Waals surface area contributed by atoms with Crippen molar-refractivity contribution >= 4 is 27.8 Å². The van der Waals surface area contributed by atoms with Crippen molar-refractivity contribution in [3.63, 3.8) is 0 Å². The number of carbonyl (C=O) groups is 1. The minimum Gasteiger partial charge on any atom is -0.497 e. The van der Waals surface area contributed by atoms with E-state index in [0.29, 0.717) is 6.42 Å². The van der Waals surface area contributed by atoms with Gasteiger partial charge in [0.25, 0.3) is 0 Å². The summed E-state index contributed by atoms with van der Waals surface area (Å²) in [6.45, 7) is 0. The van der Waals surface area contributed by atoms with Crippen LogP contribution in [0.5, 0.6) is 5.75 Å². The first-order valence-corrected chi connectivity index (χ1v) is 7.15. The summed E-state index contributed by atoms with van der Waals surface area (Å²) in [4.78, 5) is 12.4. The number of benzene rings is 2. The van der Waals surface area contributed by atoms with Gasteiger partial charge in [-0.25, -0.2) is 0 Å². The van der Waals surface area contributed by atoms with E-state index in [1.165, 1.54) is 0 Å². The number of hydrogen-bond acceptors (Lipinski definition) is 2. The molecule has 2 aromatic rings. The van der Waals surface area contributed by atoms with E-state index in [4.69, 9.17) is 4.74 Å². The second-order valence-corrected chi connectivity index (χ2v) is 5.57. The van der Waals surface area contributed by atoms with Crippen LogP contribution in [0.4, 0.5) is 0 Å². The molecular weight excluding hydrogens is 316 g/mol. The molecule has 0 bridgehead atoms. The fourth-order valence-electron chi connectivity index (χ4n) is 2.42. The summed E-state index contributed by atoms with van der Waals surface area (Å²) in [5.74, 6) is 0.900. The molecule has 3 rings (SSSR count). The second-order valence-electron chi connectivity index (χ2n) is 4.72. The van der Waals surface area contributed by atoms with Gasteiger partial charge in [-0.1, -0.05) is 34.1 Å². The number of methoxy groups -OCH3 is 1. The lowest BCUT2D eigenvalue weighted by Crippen LogP contribution is -1.95. The Kier molecular flexibility index (Phi) is 3.45. The average molecular weight is 329 g/mol. The third-order valence-electron chi connectivity index (χ3n) is 3.46. The van der Waals surface area contributed by atoms with Crippen LogP contribution in [0.1, 0.15) is 21.5 Å². The lowest BCUT2D eigenvalue weighted by Gasteiger charge is -2.01. The maximum Gasteiger partial charge on any atom is 0.189 e. The van der Waals surface area contributed by atoms with Crippen LogP contribution in [0.15, 0.2) is 52.5 Å². The van der Waals surface area contributed by atoms with E-state index in [1.54, 1.807) is 7.11 Å². The predicted molar refractivity (Wildman–Crippen MR) is 83.1 cm³/mol. The van der Waals surface area contributed by atoms with Crippen LogP contribution in [0.2, 0.25) is 0 Å². The summed E-state index contributed by atoms with van der Waals surface area (Å²) < 4.78 is 6.20. The molecule has 0 unspecified atom stereocenters. The molecule has 0 aromatic heterocycles. The molecule has 0 spiro atoms. The Labute approximate surface area is 126 Å². The van der Waals surface area contributed by atoms with Crippen LogP contribution >= 0.6 is 15.9 Å². The lowest BCUT2D eigenvalue weighted by atomic mass is 10.1. The number of ketones is 1. The highest BCUT2D eigenvalue weighted by atomic mass is 79.9. The van der Waals surface area contributed by atoms with Gasteiger partial charge >= 0.3 is 0 Å². The highest BCUT2D eigenvalue weighted by Gasteiger charge is 2.25. The summed E-state index contributed by atoms with van der Waals surface area (Å²) in [5.41, 5.74) is 3.66. The third kappa shape index (κ3) is 2.29. The predicted octanol–water partition coefficient (Wildman–Crippen LogP) is 4.28. The quantitative estimate of drug-likeness (QED) is 0.769. The highest BCUT2D eigenvalue weighted by molar-refractivity contribution is 9.10. The van der Waals surface area contributed by atoms with Crippen molar-refractivity contribution in [3.8, 4) is 5.75 Å². The zero-order chi connectivity index (χ0) is 14.1. The van der Waals surface area contributed by atoms with E-state index in [9.17, 15) is 4.79 Å². The summed E-state index contributed by atoms with van der Waals surface area (Å²) in [6.07, 6.45) is 2.62. The number of rotatable bonds is 2. The Morgan fingerprint density at radius 2 is 2.00 bits per heavy atom. The van der Waals surface area contributed by atoms with Gasteiger partial charge in [0, 0.05) is 22.0 Å². The van der Waals surface area contributed by atoms with Crippen molar-refractivity contribution in [1.29, 1.82) is 0 Å². The molecule has 0 N–H and O–H groups in total. The number of carbonyl (C=O) groups excluding carboxylic acids is 1. The van der Waals surface area contributed by atoms with Gasteiger partial charge in [-0.15, -0.1) is 0 Å². The molecule has 0 saturated carbocycles. The minimum atomic E-state index is 0.110. The zero-order valence-corrected chi connectivity index (χ0v) is 12.6. The number of Topliss-reactive ketones (excluding diaryl/α,β-unsaturated/α-hetero) is 1. The SMILES string of the molecule is COc1ccc2c(c1)C/C(=C\c1ccccc1Br)C2=O. The van der Waals surface area contributed by atoms with Gasteiger partial charge in [0.1, 0.15) is 5.75 Å². The van der Waals surface area contributed by atoms with Crippen LogP contribution in [-0.4, -0.2) is 12.9 Å². The Balaban J connectivity index is 1.99. The second kappa shape index (κ2) is 5.25. The molecule has 20 heavy (non-hydrogen) atoms. The average Bonchev–Trinajstić information content (AvgIpc) is 2.77. The van der Waals surface area contributed by atoms with Crippen LogP contribution in [0.25, 0.3) is 6.08 Å². The van der Waals surface area contributed by atoms with E-state index >= 15 is 0 Å². The van der Waals surface area contributed by atoms with Gasteiger partial charge in [0.15, 0.2) is 5.78 Å². The van der Waals surface area contributed by atoms with Crippen LogP contribution in [-0.2, 0) is 6.42 Å². The van der Waals surface area contributed by atoms with Crippen LogP contribution < -0.4 is 4.74 Å². The molecule has 2 nitrogen and oxygen atoms in total. The standard InChI is InChI=1S/C17H13BrO2/c1-20-14-6-7-15-12(10-14)9-13(17(15)19)8-11-4-2-3-5-16(11)18/h2-8,10H,9H2,1H3/b13-8+. The first kappa shape index (κ1) is 13.1. The number of hydrogen-bond donors (Lipinski definition) is 0. The summed E-state index contributed by atoms with van der Waals surface area (Å²) in [7, 11) is 1.64. The number of allylic oxidation sites excluding steroid dienone is 1. The molecule has 0 fully saturated rings. The zero-order valence-electron chi connectivity index (χ0n) is 11.0. The molecule has 0 atom stereocenters. The van der Waals surface area contributed by atoms with Gasteiger partial charge in [-0.3, -0.25) is 4.79 Å². The molecular formula is C17H13BrO2. The maximum absolute atomic E-state index is 12.4. The van der Waals surface area contributed by atoms with E-state index in [1.807, 2.05) is 48.5 Å². The molecule has 0 saturated heterocycles. The van der Waals surface area contributed by atoms with Crippen molar-refractivity contribution in [2.75, 3.05) is 7.11 Å². The Bertz CT molecular complexity index is 717. The third-order valence-corrected chi connectivity index (χ3v) is 4.19. The monoisotopic (exact) mass is 328 g/mol. The number of ether oxygens (including phenoxy) is 1. The van der Waals surface area contributed by atoms with E-state index in [-0.39, 0.29) is 5.78 Å². The Morgan fingerprint density at radius 1 is 1.20 bits per heavy atom. The van der Waals surface area contributed by atoms with Crippen molar-refractivity contribution in [3.05, 3.63) is 69.2 Å². The minimum absolute atomic E-state index is 0.110. The van der Waals surface area contributed by atoms with Crippen molar-refractivity contribution in [1.82, 2.24) is 0 Å². The molecule has 0 radical (unpaired) electrons. The highest BCUT2D eigenvalue weighted by Crippen LogP contribution is 2.31. The summed E-state index contributed by atoms with van der Waals surface area (Å²) in [6, 6.07) is 13.5. The number of fused-ring (bicyclic) bond motifs is 1. The molecule has 0 aliphatic heterocycles. The van der Waals surface area contributed by atoms with Crippen molar-refractivity contribution < 1.29 is 9.53 Å². The molecule has 1 aliphatic carbocycles. The molecule has 100 valence electrons. The summed E-state index contributed by atoms with van der Waals surface area (Å²) >= 11 is 3.51. The molecule has 1 aliphatic rings. The van der Waals surface area contributed by atoms with Crippen LogP contribution in [0, 0.1) is 0 Å². The van der Waals surface area contributed by atoms with Gasteiger partial charge in [-0.2, -0.15) is 0 Å². The fourth-order valence-corrected chi connectivity index (χ4v) is 2.82.